The second-order valence-corrected chi connectivity index (χ2v) is 12.5. The fourth-order valence-electron chi connectivity index (χ4n) is 4.83. The summed E-state index contributed by atoms with van der Waals surface area (Å²) in [5, 5.41) is 5.39. The second-order valence-electron chi connectivity index (χ2n) is 10.6. The van der Waals surface area contributed by atoms with E-state index in [2.05, 4.69) is 4.98 Å². The summed E-state index contributed by atoms with van der Waals surface area (Å²) in [6, 6.07) is 11.2. The molecule has 5 rings (SSSR count). The van der Waals surface area contributed by atoms with Gasteiger partial charge < -0.3 is 19.9 Å². The number of anilines is 1. The van der Waals surface area contributed by atoms with Crippen molar-refractivity contribution in [3.8, 4) is 22.6 Å². The Balaban J connectivity index is 1.43. The van der Waals surface area contributed by atoms with Crippen molar-refractivity contribution >= 4 is 33.3 Å². The molecule has 0 unspecified atom stereocenters. The number of nitrogen functional groups attached to an aromatic ring is 1. The van der Waals surface area contributed by atoms with Gasteiger partial charge in [-0.15, -0.1) is 0 Å². The lowest BCUT2D eigenvalue weighted by Crippen LogP contribution is -2.19. The minimum absolute atomic E-state index is 0.0110. The summed E-state index contributed by atoms with van der Waals surface area (Å²) in [5.74, 6) is -0.0201. The number of halogens is 1. The Hall–Kier alpha value is -3.18. The molecule has 2 aliphatic rings. The average molecular weight is 600 g/mol. The van der Waals surface area contributed by atoms with Crippen molar-refractivity contribution in [2.75, 3.05) is 5.73 Å². The molecule has 1 heterocycles. The molecule has 41 heavy (non-hydrogen) atoms. The van der Waals surface area contributed by atoms with Gasteiger partial charge in [-0.2, -0.15) is 0 Å². The van der Waals surface area contributed by atoms with E-state index in [-0.39, 0.29) is 35.6 Å². The zero-order valence-electron chi connectivity index (χ0n) is 22.9. The number of primary sulfonamides is 1. The Morgan fingerprint density at radius 3 is 2.56 bits per heavy atom. The second kappa shape index (κ2) is 12.0. The summed E-state index contributed by atoms with van der Waals surface area (Å²) in [7, 11) is -4.34. The number of hydrogen-bond acceptors (Lipinski definition) is 8. The summed E-state index contributed by atoms with van der Waals surface area (Å²) in [6.07, 6.45) is 9.90. The Morgan fingerprint density at radius 2 is 1.88 bits per heavy atom. The van der Waals surface area contributed by atoms with Crippen molar-refractivity contribution in [1.82, 2.24) is 4.98 Å². The first-order valence-corrected chi connectivity index (χ1v) is 15.7. The van der Waals surface area contributed by atoms with Crippen LogP contribution in [-0.4, -0.2) is 25.5 Å². The van der Waals surface area contributed by atoms with Gasteiger partial charge in [0.25, 0.3) is 0 Å². The highest BCUT2D eigenvalue weighted by molar-refractivity contribution is 7.89. The molecular weight excluding hydrogens is 566 g/mol. The molecule has 1 aromatic heterocycles. The number of unbranched alkanes of at least 4 members (excludes halogenated alkanes) is 2. The van der Waals surface area contributed by atoms with Crippen LogP contribution in [0.1, 0.15) is 69.4 Å². The van der Waals surface area contributed by atoms with E-state index in [0.717, 1.165) is 61.0 Å². The number of nitrogens with two attached hydrogens (primary N) is 2. The van der Waals surface area contributed by atoms with Crippen LogP contribution in [0.2, 0.25) is 5.02 Å². The molecule has 2 aromatic carbocycles. The highest BCUT2D eigenvalue weighted by atomic mass is 35.5. The fourth-order valence-corrected chi connectivity index (χ4v) is 5.88. The standard InChI is InChI=1S/C30H34ClN3O6S/c1-2-3-4-9-26(35)40-25-16-19(27(31)28(32)29(25)41(33,36)37)18-38-30(13-14-30)23-17-34-15-12-21(23)22-7-5-6-8-24(22)39-20-10-11-20/h5-8,12,15-17,20H,2-4,9-11,13-14,18,32H2,1H3,(H2,33,36,37). The van der Waals surface area contributed by atoms with Crippen molar-refractivity contribution in [3.05, 3.63) is 64.9 Å². The van der Waals surface area contributed by atoms with E-state index >= 15 is 0 Å². The molecule has 2 saturated carbocycles. The van der Waals surface area contributed by atoms with Crippen molar-refractivity contribution in [3.63, 3.8) is 0 Å². The highest BCUT2D eigenvalue weighted by Crippen LogP contribution is 2.53. The van der Waals surface area contributed by atoms with Crippen LogP contribution in [0.25, 0.3) is 11.1 Å². The number of ether oxygens (including phenoxy) is 3. The van der Waals surface area contributed by atoms with Crippen LogP contribution in [0.15, 0.2) is 53.7 Å². The molecule has 9 nitrogen and oxygen atoms in total. The number of nitrogens with zero attached hydrogens (tertiary/aromatic N) is 1. The molecule has 4 N–H and O–H groups in total. The predicted molar refractivity (Wildman–Crippen MR) is 156 cm³/mol. The third-order valence-corrected chi connectivity index (χ3v) is 8.74. The molecule has 11 heteroatoms. The predicted octanol–water partition coefficient (Wildman–Crippen LogP) is 5.86. The molecule has 0 spiro atoms. The molecule has 0 aliphatic heterocycles. The third-order valence-electron chi connectivity index (χ3n) is 7.30. The Kier molecular flexibility index (Phi) is 8.56. The summed E-state index contributed by atoms with van der Waals surface area (Å²) in [6.45, 7) is 2.00. The SMILES string of the molecule is CCCCCC(=O)Oc1cc(COC2(c3cnccc3-c3ccccc3OC3CC3)CC2)c(Cl)c(N)c1S(N)(=O)=O. The molecule has 0 amide bonds. The average Bonchev–Trinajstić information content (AvgIpc) is 3.87. The maximum atomic E-state index is 12.5. The van der Waals surface area contributed by atoms with Gasteiger partial charge in [-0.1, -0.05) is 49.6 Å². The van der Waals surface area contributed by atoms with E-state index in [1.165, 1.54) is 6.07 Å². The van der Waals surface area contributed by atoms with Crippen LogP contribution in [0, 0.1) is 0 Å². The number of hydrogen-bond donors (Lipinski definition) is 2. The van der Waals surface area contributed by atoms with E-state index in [9.17, 15) is 13.2 Å². The molecule has 0 radical (unpaired) electrons. The molecule has 218 valence electrons. The van der Waals surface area contributed by atoms with Gasteiger partial charge in [-0.25, -0.2) is 13.6 Å². The largest absolute Gasteiger partial charge is 0.490 e. The maximum Gasteiger partial charge on any atom is 0.311 e. The van der Waals surface area contributed by atoms with Crippen LogP contribution in [-0.2, 0) is 31.8 Å². The summed E-state index contributed by atoms with van der Waals surface area (Å²) >= 11 is 6.52. The van der Waals surface area contributed by atoms with Gasteiger partial charge in [0.1, 0.15) is 10.6 Å². The van der Waals surface area contributed by atoms with Gasteiger partial charge in [0.05, 0.1) is 29.0 Å². The van der Waals surface area contributed by atoms with E-state index in [4.69, 9.17) is 36.7 Å². The van der Waals surface area contributed by atoms with Crippen molar-refractivity contribution in [2.24, 2.45) is 5.14 Å². The lowest BCUT2D eigenvalue weighted by molar-refractivity contribution is -0.134. The van der Waals surface area contributed by atoms with Crippen LogP contribution in [0.5, 0.6) is 11.5 Å². The van der Waals surface area contributed by atoms with Crippen LogP contribution in [0.4, 0.5) is 5.69 Å². The lowest BCUT2D eigenvalue weighted by atomic mass is 9.96. The Labute approximate surface area is 245 Å². The Morgan fingerprint density at radius 1 is 1.12 bits per heavy atom. The van der Waals surface area contributed by atoms with Gasteiger partial charge in [0.2, 0.25) is 10.0 Å². The zero-order valence-corrected chi connectivity index (χ0v) is 24.5. The minimum Gasteiger partial charge on any atom is -0.490 e. The highest BCUT2D eigenvalue weighted by Gasteiger charge is 2.48. The quantitative estimate of drug-likeness (QED) is 0.107. The number of esters is 1. The molecule has 0 atom stereocenters. The van der Waals surface area contributed by atoms with Crippen molar-refractivity contribution in [1.29, 1.82) is 0 Å². The molecule has 2 aliphatic carbocycles. The summed E-state index contributed by atoms with van der Waals surface area (Å²) in [4.78, 5) is 16.3. The normalized spacial score (nSPS) is 15.9. The first kappa shape index (κ1) is 29.3. The van der Waals surface area contributed by atoms with Gasteiger partial charge in [-0.05, 0) is 55.9 Å². The number of para-hydroxylation sites is 1. The smallest absolute Gasteiger partial charge is 0.311 e. The summed E-state index contributed by atoms with van der Waals surface area (Å²) < 4.78 is 42.8. The number of sulfonamides is 1. The van der Waals surface area contributed by atoms with Gasteiger partial charge in [0.15, 0.2) is 5.75 Å². The number of pyridine rings is 1. The van der Waals surface area contributed by atoms with E-state index in [1.807, 2.05) is 37.3 Å². The van der Waals surface area contributed by atoms with E-state index in [1.54, 1.807) is 12.4 Å². The van der Waals surface area contributed by atoms with Gasteiger partial charge >= 0.3 is 5.97 Å². The van der Waals surface area contributed by atoms with Crippen LogP contribution < -0.4 is 20.3 Å². The number of carbonyl (C=O) groups excluding carboxylic acids is 1. The van der Waals surface area contributed by atoms with Gasteiger partial charge in [-0.3, -0.25) is 9.78 Å². The van der Waals surface area contributed by atoms with Crippen LogP contribution >= 0.6 is 11.6 Å². The molecular formula is C30H34ClN3O6S. The van der Waals surface area contributed by atoms with E-state index < -0.39 is 26.5 Å². The Bertz CT molecular complexity index is 1550. The van der Waals surface area contributed by atoms with E-state index in [0.29, 0.717) is 12.0 Å². The first-order chi connectivity index (χ1) is 19.6. The molecule has 0 bridgehead atoms. The molecule has 0 saturated heterocycles. The topological polar surface area (TPSA) is 144 Å². The maximum absolute atomic E-state index is 12.5. The first-order valence-electron chi connectivity index (χ1n) is 13.8. The lowest BCUT2D eigenvalue weighted by Gasteiger charge is -2.22. The number of rotatable bonds is 13. The van der Waals surface area contributed by atoms with Crippen molar-refractivity contribution in [2.45, 2.75) is 81.5 Å². The van der Waals surface area contributed by atoms with Crippen LogP contribution in [0.3, 0.4) is 0 Å². The molecule has 2 fully saturated rings. The minimum atomic E-state index is -4.34. The van der Waals surface area contributed by atoms with Crippen molar-refractivity contribution < 1.29 is 27.4 Å². The number of aromatic nitrogens is 1. The third kappa shape index (κ3) is 6.67. The number of benzene rings is 2. The van der Waals surface area contributed by atoms with Gasteiger partial charge in [0, 0.05) is 35.5 Å². The number of carbonyl (C=O) groups is 1. The monoisotopic (exact) mass is 599 g/mol. The summed E-state index contributed by atoms with van der Waals surface area (Å²) in [5.41, 5.74) is 8.43. The zero-order chi connectivity index (χ0) is 29.2. The molecule has 3 aromatic rings. The fraction of sp³-hybridized carbons (Fsp3) is 0.400.